The van der Waals surface area contributed by atoms with Gasteiger partial charge in [0.1, 0.15) is 5.82 Å². The summed E-state index contributed by atoms with van der Waals surface area (Å²) in [5.41, 5.74) is 2.19. The molecule has 124 valence electrons. The van der Waals surface area contributed by atoms with Gasteiger partial charge in [0, 0.05) is 11.0 Å². The predicted molar refractivity (Wildman–Crippen MR) is 97.0 cm³/mol. The highest BCUT2D eigenvalue weighted by molar-refractivity contribution is 9.10. The van der Waals surface area contributed by atoms with E-state index in [1.165, 1.54) is 18.2 Å². The summed E-state index contributed by atoms with van der Waals surface area (Å²) >= 11 is 3.52. The zero-order valence-corrected chi connectivity index (χ0v) is 14.6. The van der Waals surface area contributed by atoms with E-state index in [1.807, 2.05) is 30.3 Å². The average molecular weight is 396 g/mol. The molecule has 2 heterocycles. The van der Waals surface area contributed by atoms with Crippen LogP contribution in [-0.2, 0) is 6.54 Å². The summed E-state index contributed by atoms with van der Waals surface area (Å²) < 4.78 is 2.60. The van der Waals surface area contributed by atoms with Crippen LogP contribution in [0.2, 0.25) is 0 Å². The van der Waals surface area contributed by atoms with Gasteiger partial charge in [-0.1, -0.05) is 40.2 Å². The number of carboxylic acid groups (broad SMARTS) is 1. The average Bonchev–Trinajstić information content (AvgIpc) is 3.00. The number of carbonyl (C=O) groups excluding carboxylic acids is 1. The number of halogens is 1. The van der Waals surface area contributed by atoms with Crippen LogP contribution in [0.1, 0.15) is 28.2 Å². The number of hydrogen-bond donors (Lipinski definition) is 0. The zero-order valence-electron chi connectivity index (χ0n) is 13.0. The lowest BCUT2D eigenvalue weighted by Crippen LogP contribution is -2.23. The normalized spacial score (nSPS) is 14.8. The molecule has 25 heavy (non-hydrogen) atoms. The molecule has 4 rings (SSSR count). The van der Waals surface area contributed by atoms with E-state index in [9.17, 15) is 14.7 Å². The lowest BCUT2D eigenvalue weighted by molar-refractivity contribution is -0.255. The van der Waals surface area contributed by atoms with Crippen molar-refractivity contribution < 1.29 is 9.90 Å². The van der Waals surface area contributed by atoms with Gasteiger partial charge in [-0.15, -0.1) is 0 Å². The van der Waals surface area contributed by atoms with Crippen molar-refractivity contribution in [3.63, 3.8) is 0 Å². The fourth-order valence-electron chi connectivity index (χ4n) is 3.06. The minimum absolute atomic E-state index is 0.0127. The van der Waals surface area contributed by atoms with Crippen LogP contribution in [0.3, 0.4) is 0 Å². The lowest BCUT2D eigenvalue weighted by Gasteiger charge is -2.08. The number of hydrogen-bond acceptors (Lipinski definition) is 4. The highest BCUT2D eigenvalue weighted by atomic mass is 79.9. The molecule has 0 spiro atoms. The summed E-state index contributed by atoms with van der Waals surface area (Å²) in [6, 6.07) is 12.1. The van der Waals surface area contributed by atoms with Gasteiger partial charge in [-0.25, -0.2) is 4.98 Å². The number of carbonyl (C=O) groups is 1. The molecular weight excluding hydrogens is 384 g/mol. The molecule has 2 aromatic carbocycles. The van der Waals surface area contributed by atoms with Gasteiger partial charge in [-0.05, 0) is 47.4 Å². The number of aromatic carboxylic acids is 1. The second-order valence-electron chi connectivity index (χ2n) is 5.85. The van der Waals surface area contributed by atoms with Crippen molar-refractivity contribution in [1.29, 1.82) is 0 Å². The zero-order chi connectivity index (χ0) is 17.6. The van der Waals surface area contributed by atoms with Gasteiger partial charge in [-0.3, -0.25) is 9.36 Å². The summed E-state index contributed by atoms with van der Waals surface area (Å²) in [5.74, 6) is -0.697. The van der Waals surface area contributed by atoms with Gasteiger partial charge in [-0.2, -0.15) is 0 Å². The number of fused-ring (bicyclic) bond motifs is 2. The van der Waals surface area contributed by atoms with Crippen molar-refractivity contribution >= 4 is 44.5 Å². The summed E-state index contributed by atoms with van der Waals surface area (Å²) in [7, 11) is 0. The maximum atomic E-state index is 12.7. The van der Waals surface area contributed by atoms with Gasteiger partial charge in [0.25, 0.3) is 5.56 Å². The molecule has 0 saturated heterocycles. The molecule has 0 fully saturated rings. The van der Waals surface area contributed by atoms with Crippen LogP contribution in [0, 0.1) is 0 Å². The number of allylic oxidation sites excluding steroid dienone is 1. The minimum atomic E-state index is -1.28. The monoisotopic (exact) mass is 395 g/mol. The molecule has 0 aliphatic carbocycles. The van der Waals surface area contributed by atoms with E-state index in [1.54, 1.807) is 4.57 Å². The van der Waals surface area contributed by atoms with Gasteiger partial charge in [0.15, 0.2) is 0 Å². The van der Waals surface area contributed by atoms with Crippen molar-refractivity contribution in [2.45, 2.75) is 13.0 Å². The fraction of sp³-hybridized carbons (Fsp3) is 0.105. The second-order valence-corrected chi connectivity index (χ2v) is 6.71. The highest BCUT2D eigenvalue weighted by Gasteiger charge is 2.21. The molecule has 0 radical (unpaired) electrons. The van der Waals surface area contributed by atoms with E-state index < -0.39 is 5.97 Å². The molecule has 0 unspecified atom stereocenters. The summed E-state index contributed by atoms with van der Waals surface area (Å²) in [4.78, 5) is 28.3. The number of rotatable bonds is 2. The van der Waals surface area contributed by atoms with Crippen LogP contribution in [-0.4, -0.2) is 15.5 Å². The largest absolute Gasteiger partial charge is 0.545 e. The molecule has 0 saturated carbocycles. The molecule has 0 N–H and O–H groups in total. The third-order valence-electron chi connectivity index (χ3n) is 4.32. The molecule has 5 nitrogen and oxygen atoms in total. The Labute approximate surface area is 151 Å². The standard InChI is InChI=1S/C19H13BrN2O3/c20-15-4-2-1-3-11(15)9-12-7-8-22-17(12)21-16-10-13(19(24)25)5-6-14(16)18(22)23/h1-6,9-10H,7-8H2,(H,24,25)/p-1/b12-9+. The van der Waals surface area contributed by atoms with E-state index in [0.717, 1.165) is 15.6 Å². The minimum Gasteiger partial charge on any atom is -0.545 e. The summed E-state index contributed by atoms with van der Waals surface area (Å²) in [6.07, 6.45) is 2.71. The van der Waals surface area contributed by atoms with Gasteiger partial charge in [0.2, 0.25) is 0 Å². The Hall–Kier alpha value is -2.73. The predicted octanol–water partition coefficient (Wildman–Crippen LogP) is 2.47. The van der Waals surface area contributed by atoms with E-state index in [2.05, 4.69) is 20.9 Å². The Bertz CT molecular complexity index is 1120. The third-order valence-corrected chi connectivity index (χ3v) is 5.04. The molecule has 6 heteroatoms. The number of nitrogens with zero attached hydrogens (tertiary/aromatic N) is 2. The third kappa shape index (κ3) is 2.68. The quantitative estimate of drug-likeness (QED) is 0.667. The number of carboxylic acids is 1. The molecule has 0 amide bonds. The van der Waals surface area contributed by atoms with E-state index in [-0.39, 0.29) is 11.1 Å². The first-order valence-corrected chi connectivity index (χ1v) is 8.55. The Morgan fingerprint density at radius 3 is 2.80 bits per heavy atom. The van der Waals surface area contributed by atoms with Crippen LogP contribution < -0.4 is 10.7 Å². The summed E-state index contributed by atoms with van der Waals surface area (Å²) in [5, 5.41) is 11.5. The number of aromatic nitrogens is 2. The van der Waals surface area contributed by atoms with Crippen LogP contribution >= 0.6 is 15.9 Å². The first-order chi connectivity index (χ1) is 12.0. The van der Waals surface area contributed by atoms with Crippen molar-refractivity contribution in [1.82, 2.24) is 9.55 Å². The van der Waals surface area contributed by atoms with E-state index in [0.29, 0.717) is 29.7 Å². The van der Waals surface area contributed by atoms with Crippen LogP contribution in [0.25, 0.3) is 22.6 Å². The maximum Gasteiger partial charge on any atom is 0.261 e. The topological polar surface area (TPSA) is 75.0 Å². The van der Waals surface area contributed by atoms with Crippen LogP contribution in [0.4, 0.5) is 0 Å². The molecule has 1 aromatic heterocycles. The van der Waals surface area contributed by atoms with Crippen LogP contribution in [0.15, 0.2) is 51.7 Å². The molecular formula is C19H12BrN2O3-. The Balaban J connectivity index is 1.92. The van der Waals surface area contributed by atoms with Crippen molar-refractivity contribution in [3.05, 3.63) is 74.2 Å². The smallest absolute Gasteiger partial charge is 0.261 e. The summed E-state index contributed by atoms with van der Waals surface area (Å²) in [6.45, 7) is 0.565. The first kappa shape index (κ1) is 15.8. The molecule has 3 aromatic rings. The van der Waals surface area contributed by atoms with Crippen molar-refractivity contribution in [2.24, 2.45) is 0 Å². The van der Waals surface area contributed by atoms with Gasteiger partial charge < -0.3 is 9.90 Å². The van der Waals surface area contributed by atoms with E-state index >= 15 is 0 Å². The Morgan fingerprint density at radius 2 is 2.04 bits per heavy atom. The fourth-order valence-corrected chi connectivity index (χ4v) is 3.46. The Morgan fingerprint density at radius 1 is 1.24 bits per heavy atom. The van der Waals surface area contributed by atoms with Crippen molar-refractivity contribution in [3.8, 4) is 0 Å². The SMILES string of the molecule is O=C([O-])c1ccc2c(=O)n3c(nc2c1)/C(=C/c1ccccc1Br)CC3. The van der Waals surface area contributed by atoms with Crippen LogP contribution in [0.5, 0.6) is 0 Å². The van der Waals surface area contributed by atoms with Crippen molar-refractivity contribution in [2.75, 3.05) is 0 Å². The van der Waals surface area contributed by atoms with Gasteiger partial charge >= 0.3 is 0 Å². The molecule has 1 aliphatic rings. The Kier molecular flexibility index (Phi) is 3.77. The van der Waals surface area contributed by atoms with Gasteiger partial charge in [0.05, 0.1) is 16.9 Å². The highest BCUT2D eigenvalue weighted by Crippen LogP contribution is 2.29. The maximum absolute atomic E-state index is 12.7. The van der Waals surface area contributed by atoms with E-state index in [4.69, 9.17) is 0 Å². The second kappa shape index (κ2) is 5.97. The molecule has 0 bridgehead atoms. The molecule has 1 aliphatic heterocycles. The first-order valence-electron chi connectivity index (χ1n) is 7.76. The number of benzene rings is 2. The lowest BCUT2D eigenvalue weighted by atomic mass is 10.1. The molecule has 0 atom stereocenters.